The first kappa shape index (κ1) is 18.2. The minimum Gasteiger partial charge on any atom is -0.507 e. The molecule has 7 heteroatoms. The van der Waals surface area contributed by atoms with E-state index in [0.717, 1.165) is 10.0 Å². The van der Waals surface area contributed by atoms with Gasteiger partial charge in [0.25, 0.3) is 11.7 Å². The van der Waals surface area contributed by atoms with Gasteiger partial charge in [-0.2, -0.15) is 0 Å². The van der Waals surface area contributed by atoms with Gasteiger partial charge in [-0.05, 0) is 35.9 Å². The minimum absolute atomic E-state index is 0.00571. The van der Waals surface area contributed by atoms with E-state index in [-0.39, 0.29) is 17.9 Å². The lowest BCUT2D eigenvalue weighted by atomic mass is 9.99. The predicted molar refractivity (Wildman–Crippen MR) is 105 cm³/mol. The van der Waals surface area contributed by atoms with Gasteiger partial charge in [-0.15, -0.1) is 0 Å². The zero-order valence-electron chi connectivity index (χ0n) is 14.6. The van der Waals surface area contributed by atoms with Crippen molar-refractivity contribution in [2.45, 2.75) is 12.6 Å². The van der Waals surface area contributed by atoms with Crippen LogP contribution in [-0.2, 0) is 16.1 Å². The van der Waals surface area contributed by atoms with Gasteiger partial charge in [0.15, 0.2) is 0 Å². The number of benzene rings is 1. The Bertz CT molecular complexity index is 1040. The second-order valence-electron chi connectivity index (χ2n) is 6.31. The van der Waals surface area contributed by atoms with Crippen molar-refractivity contribution in [1.29, 1.82) is 0 Å². The van der Waals surface area contributed by atoms with Crippen molar-refractivity contribution in [3.63, 3.8) is 0 Å². The Balaban J connectivity index is 1.83. The average molecular weight is 439 g/mol. The van der Waals surface area contributed by atoms with Crippen LogP contribution in [0.25, 0.3) is 5.76 Å². The second kappa shape index (κ2) is 7.44. The van der Waals surface area contributed by atoms with E-state index in [1.807, 2.05) is 6.07 Å². The number of aromatic nitrogens is 1. The standard InChI is InChI=1S/C21H15BrN2O4/c22-15-7-5-14(6-8-15)19(25)17-18(16-4-2-10-28-16)24(21(27)20(17)26)12-13-3-1-9-23-11-13/h1-11,18,25H,12H2/b19-17-. The number of amides is 1. The molecule has 0 spiro atoms. The van der Waals surface area contributed by atoms with Crippen molar-refractivity contribution in [3.8, 4) is 0 Å². The van der Waals surface area contributed by atoms with Gasteiger partial charge >= 0.3 is 0 Å². The van der Waals surface area contributed by atoms with E-state index in [4.69, 9.17) is 4.42 Å². The number of carbonyl (C=O) groups is 2. The maximum atomic E-state index is 12.8. The summed E-state index contributed by atoms with van der Waals surface area (Å²) in [4.78, 5) is 31.0. The fourth-order valence-corrected chi connectivity index (χ4v) is 3.50. The largest absolute Gasteiger partial charge is 0.507 e. The highest BCUT2D eigenvalue weighted by Gasteiger charge is 2.47. The lowest BCUT2D eigenvalue weighted by Crippen LogP contribution is -2.29. The van der Waals surface area contributed by atoms with Crippen LogP contribution in [0.4, 0.5) is 0 Å². The number of nitrogens with zero attached hydrogens (tertiary/aromatic N) is 2. The monoisotopic (exact) mass is 438 g/mol. The Kier molecular flexibility index (Phi) is 4.83. The van der Waals surface area contributed by atoms with Crippen LogP contribution in [0.3, 0.4) is 0 Å². The molecule has 0 radical (unpaired) electrons. The molecule has 28 heavy (non-hydrogen) atoms. The number of carbonyl (C=O) groups excluding carboxylic acids is 2. The van der Waals surface area contributed by atoms with Gasteiger partial charge in [0.05, 0.1) is 11.8 Å². The number of hydrogen-bond donors (Lipinski definition) is 1. The number of Topliss-reactive ketones (excluding diaryl/α,β-unsaturated/α-hetero) is 1. The van der Waals surface area contributed by atoms with Crippen molar-refractivity contribution in [3.05, 3.63) is 94.1 Å². The topological polar surface area (TPSA) is 83.6 Å². The van der Waals surface area contributed by atoms with Crippen LogP contribution in [-0.4, -0.2) is 26.7 Å². The fraction of sp³-hybridized carbons (Fsp3) is 0.0952. The lowest BCUT2D eigenvalue weighted by molar-refractivity contribution is -0.140. The molecule has 1 atom stereocenters. The van der Waals surface area contributed by atoms with Crippen LogP contribution in [0.15, 0.2) is 81.7 Å². The van der Waals surface area contributed by atoms with Crippen molar-refractivity contribution in [1.82, 2.24) is 9.88 Å². The lowest BCUT2D eigenvalue weighted by Gasteiger charge is -2.23. The summed E-state index contributed by atoms with van der Waals surface area (Å²) in [5, 5.41) is 10.9. The zero-order valence-corrected chi connectivity index (χ0v) is 16.2. The van der Waals surface area contributed by atoms with Crippen LogP contribution in [0.5, 0.6) is 0 Å². The van der Waals surface area contributed by atoms with Crippen molar-refractivity contribution >= 4 is 33.4 Å². The summed E-state index contributed by atoms with van der Waals surface area (Å²) < 4.78 is 6.34. The molecule has 0 bridgehead atoms. The second-order valence-corrected chi connectivity index (χ2v) is 7.23. The van der Waals surface area contributed by atoms with Gasteiger partial charge in [0, 0.05) is 29.0 Å². The van der Waals surface area contributed by atoms with Crippen LogP contribution < -0.4 is 0 Å². The molecule has 0 saturated carbocycles. The van der Waals surface area contributed by atoms with Crippen molar-refractivity contribution in [2.75, 3.05) is 0 Å². The third-order valence-corrected chi connectivity index (χ3v) is 5.07. The molecule has 3 heterocycles. The molecular formula is C21H15BrN2O4. The summed E-state index contributed by atoms with van der Waals surface area (Å²) in [5.74, 6) is -1.27. The quantitative estimate of drug-likeness (QED) is 0.377. The van der Waals surface area contributed by atoms with Crippen LogP contribution in [0, 0.1) is 0 Å². The molecule has 1 unspecified atom stereocenters. The highest BCUT2D eigenvalue weighted by molar-refractivity contribution is 9.10. The third-order valence-electron chi connectivity index (χ3n) is 4.55. The highest BCUT2D eigenvalue weighted by atomic mass is 79.9. The molecule has 1 amide bonds. The van der Waals surface area contributed by atoms with Gasteiger partial charge in [-0.1, -0.05) is 34.1 Å². The molecule has 0 aliphatic carbocycles. The number of ketones is 1. The van der Waals surface area contributed by atoms with Crippen molar-refractivity contribution < 1.29 is 19.1 Å². The summed E-state index contributed by atoms with van der Waals surface area (Å²) >= 11 is 3.34. The molecule has 3 aromatic rings. The Morgan fingerprint density at radius 3 is 2.57 bits per heavy atom. The summed E-state index contributed by atoms with van der Waals surface area (Å²) in [7, 11) is 0. The van der Waals surface area contributed by atoms with Gasteiger partial charge in [-0.25, -0.2) is 0 Å². The molecule has 1 saturated heterocycles. The zero-order chi connectivity index (χ0) is 19.7. The van der Waals surface area contributed by atoms with E-state index in [9.17, 15) is 14.7 Å². The minimum atomic E-state index is -0.821. The number of pyridine rings is 1. The van der Waals surface area contributed by atoms with Gasteiger partial charge < -0.3 is 14.4 Å². The molecular weight excluding hydrogens is 424 g/mol. The molecule has 6 nitrogen and oxygen atoms in total. The van der Waals surface area contributed by atoms with Crippen LogP contribution >= 0.6 is 15.9 Å². The SMILES string of the molecule is O=C1C(=O)N(Cc2cccnc2)C(c2ccco2)/C1=C(/O)c1ccc(Br)cc1. The highest BCUT2D eigenvalue weighted by Crippen LogP contribution is 2.40. The molecule has 1 N–H and O–H groups in total. The maximum Gasteiger partial charge on any atom is 0.296 e. The molecule has 1 aromatic carbocycles. The van der Waals surface area contributed by atoms with Gasteiger partial charge in [0.2, 0.25) is 0 Å². The smallest absolute Gasteiger partial charge is 0.296 e. The number of halogens is 1. The number of rotatable bonds is 4. The summed E-state index contributed by atoms with van der Waals surface area (Å²) in [6.45, 7) is 0.168. The normalized spacial score (nSPS) is 18.6. The number of furan rings is 1. The van der Waals surface area contributed by atoms with E-state index >= 15 is 0 Å². The Hall–Kier alpha value is -3.19. The van der Waals surface area contributed by atoms with Crippen LogP contribution in [0.1, 0.15) is 22.9 Å². The molecule has 1 aliphatic heterocycles. The first-order valence-corrected chi connectivity index (χ1v) is 9.32. The Morgan fingerprint density at radius 2 is 1.93 bits per heavy atom. The molecule has 2 aromatic heterocycles. The first-order chi connectivity index (χ1) is 13.6. The third kappa shape index (κ3) is 3.25. The van der Waals surface area contributed by atoms with E-state index in [2.05, 4.69) is 20.9 Å². The number of aliphatic hydroxyl groups excluding tert-OH is 1. The van der Waals surface area contributed by atoms with E-state index in [1.54, 1.807) is 54.9 Å². The maximum absolute atomic E-state index is 12.8. The molecule has 1 aliphatic rings. The number of hydrogen-bond acceptors (Lipinski definition) is 5. The van der Waals surface area contributed by atoms with Gasteiger partial charge in [0.1, 0.15) is 17.6 Å². The molecule has 1 fully saturated rings. The van der Waals surface area contributed by atoms with Gasteiger partial charge in [-0.3, -0.25) is 14.6 Å². The Morgan fingerprint density at radius 1 is 1.14 bits per heavy atom. The molecule has 140 valence electrons. The predicted octanol–water partition coefficient (Wildman–Crippen LogP) is 4.06. The van der Waals surface area contributed by atoms with E-state index in [1.165, 1.54) is 11.2 Å². The first-order valence-electron chi connectivity index (χ1n) is 8.53. The molecule has 4 rings (SSSR count). The van der Waals surface area contributed by atoms with Crippen LogP contribution in [0.2, 0.25) is 0 Å². The number of likely N-dealkylation sites (tertiary alicyclic amines) is 1. The van der Waals surface area contributed by atoms with E-state index < -0.39 is 17.7 Å². The van der Waals surface area contributed by atoms with Crippen molar-refractivity contribution in [2.24, 2.45) is 0 Å². The summed E-state index contributed by atoms with van der Waals surface area (Å²) in [5.41, 5.74) is 1.22. The number of aliphatic hydroxyl groups is 1. The Labute approximate surface area is 169 Å². The summed E-state index contributed by atoms with van der Waals surface area (Å²) in [6.07, 6.45) is 4.74. The fourth-order valence-electron chi connectivity index (χ4n) is 3.24. The summed E-state index contributed by atoms with van der Waals surface area (Å²) in [6, 6.07) is 13.0. The van der Waals surface area contributed by atoms with E-state index in [0.29, 0.717) is 11.3 Å². The average Bonchev–Trinajstić information content (AvgIpc) is 3.32.